The maximum absolute atomic E-state index is 4.18. The second-order valence-corrected chi connectivity index (χ2v) is 4.32. The minimum atomic E-state index is 0.834. The molecule has 0 atom stereocenters. The third kappa shape index (κ3) is 1.80. The fraction of sp³-hybridized carbons (Fsp3) is 0.0667. The molecule has 3 nitrogen and oxygen atoms in total. The maximum Gasteiger partial charge on any atom is 0.155 e. The Kier molecular flexibility index (Phi) is 2.45. The van der Waals surface area contributed by atoms with E-state index in [1.807, 2.05) is 18.3 Å². The molecule has 2 aromatic heterocycles. The molecule has 0 fully saturated rings. The fourth-order valence-electron chi connectivity index (χ4n) is 1.92. The third-order valence-electron chi connectivity index (χ3n) is 3.03. The number of rotatable bonds is 2. The number of benzene rings is 1. The Bertz CT molecular complexity index is 708. The van der Waals surface area contributed by atoms with Gasteiger partial charge in [0.05, 0.1) is 0 Å². The predicted octanol–water partition coefficient (Wildman–Crippen LogP) is 3.10. The van der Waals surface area contributed by atoms with Crippen LogP contribution in [-0.2, 0) is 0 Å². The lowest BCUT2D eigenvalue weighted by Crippen LogP contribution is -1.91. The van der Waals surface area contributed by atoms with E-state index in [1.165, 1.54) is 5.56 Å². The second kappa shape index (κ2) is 4.11. The molecule has 0 saturated heterocycles. The van der Waals surface area contributed by atoms with Crippen LogP contribution < -0.4 is 0 Å². The van der Waals surface area contributed by atoms with Gasteiger partial charge in [0.15, 0.2) is 5.65 Å². The van der Waals surface area contributed by atoms with Gasteiger partial charge in [-0.3, -0.25) is 0 Å². The topological polar surface area (TPSA) is 30.2 Å². The molecule has 0 amide bonds. The zero-order chi connectivity index (χ0) is 12.5. The smallest absolute Gasteiger partial charge is 0.155 e. The van der Waals surface area contributed by atoms with Crippen LogP contribution in [0.1, 0.15) is 16.7 Å². The van der Waals surface area contributed by atoms with Crippen LogP contribution in [0.5, 0.6) is 0 Å². The van der Waals surface area contributed by atoms with Crippen LogP contribution in [0.15, 0.2) is 55.5 Å². The van der Waals surface area contributed by atoms with Crippen molar-refractivity contribution in [1.82, 2.24) is 14.6 Å². The summed E-state index contributed by atoms with van der Waals surface area (Å²) in [5.74, 6) is 0. The van der Waals surface area contributed by atoms with E-state index >= 15 is 0 Å². The lowest BCUT2D eigenvalue weighted by atomic mass is 10.00. The van der Waals surface area contributed by atoms with Crippen molar-refractivity contribution >= 4 is 11.2 Å². The molecule has 3 rings (SSSR count). The first-order valence-corrected chi connectivity index (χ1v) is 5.80. The molecule has 0 unspecified atom stereocenters. The average molecular weight is 235 g/mol. The van der Waals surface area contributed by atoms with E-state index in [0.29, 0.717) is 0 Å². The highest BCUT2D eigenvalue weighted by molar-refractivity contribution is 5.79. The molecule has 0 aliphatic heterocycles. The molecule has 0 N–H and O–H groups in total. The van der Waals surface area contributed by atoms with Gasteiger partial charge in [-0.25, -0.2) is 9.50 Å². The number of hydrogen-bond acceptors (Lipinski definition) is 2. The third-order valence-corrected chi connectivity index (χ3v) is 3.03. The Hall–Kier alpha value is -2.42. The van der Waals surface area contributed by atoms with Gasteiger partial charge in [-0.1, -0.05) is 36.4 Å². The van der Waals surface area contributed by atoms with Crippen LogP contribution in [-0.4, -0.2) is 14.6 Å². The van der Waals surface area contributed by atoms with Crippen molar-refractivity contribution in [2.75, 3.05) is 0 Å². The van der Waals surface area contributed by atoms with E-state index in [-0.39, 0.29) is 0 Å². The van der Waals surface area contributed by atoms with Gasteiger partial charge in [0.25, 0.3) is 0 Å². The molecule has 0 bridgehead atoms. The van der Waals surface area contributed by atoms with Gasteiger partial charge in [-0.2, -0.15) is 5.10 Å². The van der Waals surface area contributed by atoms with Crippen LogP contribution >= 0.6 is 0 Å². The second-order valence-electron chi connectivity index (χ2n) is 4.32. The fourth-order valence-corrected chi connectivity index (χ4v) is 1.92. The van der Waals surface area contributed by atoms with Gasteiger partial charge in [0.1, 0.15) is 6.33 Å². The molecule has 3 aromatic rings. The zero-order valence-electron chi connectivity index (χ0n) is 10.2. The summed E-state index contributed by atoms with van der Waals surface area (Å²) in [6.07, 6.45) is 3.45. The molecule has 0 aliphatic rings. The maximum atomic E-state index is 4.18. The van der Waals surface area contributed by atoms with Crippen molar-refractivity contribution in [3.8, 4) is 0 Å². The van der Waals surface area contributed by atoms with Crippen molar-refractivity contribution in [1.29, 1.82) is 0 Å². The van der Waals surface area contributed by atoms with Crippen molar-refractivity contribution < 1.29 is 0 Å². The zero-order valence-corrected chi connectivity index (χ0v) is 10.2. The van der Waals surface area contributed by atoms with E-state index in [1.54, 1.807) is 10.8 Å². The average Bonchev–Trinajstić information content (AvgIpc) is 2.86. The van der Waals surface area contributed by atoms with Crippen LogP contribution in [0.25, 0.3) is 11.2 Å². The first-order valence-electron chi connectivity index (χ1n) is 5.80. The summed E-state index contributed by atoms with van der Waals surface area (Å²) in [5, 5.41) is 4.08. The van der Waals surface area contributed by atoms with Crippen molar-refractivity contribution in [3.63, 3.8) is 0 Å². The SMILES string of the molecule is C=C(c1ccc(C)cc1)c1ccn2ncnc2c1. The summed E-state index contributed by atoms with van der Waals surface area (Å²) in [6.45, 7) is 6.24. The van der Waals surface area contributed by atoms with Gasteiger partial charge in [0.2, 0.25) is 0 Å². The van der Waals surface area contributed by atoms with Crippen LogP contribution in [0.2, 0.25) is 0 Å². The van der Waals surface area contributed by atoms with Crippen molar-refractivity contribution in [2.24, 2.45) is 0 Å². The number of aromatic nitrogens is 3. The molecule has 0 spiro atoms. The standard InChI is InChI=1S/C15H13N3/c1-11-3-5-13(6-4-11)12(2)14-7-8-18-15(9-14)16-10-17-18/h3-10H,2H2,1H3. The first-order chi connectivity index (χ1) is 8.74. The largest absolute Gasteiger partial charge is 0.221 e. The normalized spacial score (nSPS) is 10.7. The number of pyridine rings is 1. The Morgan fingerprint density at radius 1 is 1.11 bits per heavy atom. The highest BCUT2D eigenvalue weighted by Crippen LogP contribution is 2.22. The van der Waals surface area contributed by atoms with E-state index in [0.717, 1.165) is 22.3 Å². The molecule has 0 radical (unpaired) electrons. The molecular formula is C15H13N3. The van der Waals surface area contributed by atoms with Crippen LogP contribution in [0.4, 0.5) is 0 Å². The molecule has 0 aliphatic carbocycles. The Morgan fingerprint density at radius 3 is 2.67 bits per heavy atom. The number of aryl methyl sites for hydroxylation is 1. The van der Waals surface area contributed by atoms with Crippen molar-refractivity contribution in [2.45, 2.75) is 6.92 Å². The molecule has 3 heteroatoms. The summed E-state index contributed by atoms with van der Waals surface area (Å²) in [4.78, 5) is 4.18. The molecule has 88 valence electrons. The first kappa shape index (κ1) is 10.7. The van der Waals surface area contributed by atoms with Crippen LogP contribution in [0, 0.1) is 6.92 Å². The quantitative estimate of drug-likeness (QED) is 0.683. The monoisotopic (exact) mass is 235 g/mol. The van der Waals surface area contributed by atoms with Gasteiger partial charge in [0, 0.05) is 6.20 Å². The summed E-state index contributed by atoms with van der Waals surface area (Å²) >= 11 is 0. The molecule has 18 heavy (non-hydrogen) atoms. The minimum Gasteiger partial charge on any atom is -0.221 e. The Balaban J connectivity index is 2.03. The molecule has 2 heterocycles. The lowest BCUT2D eigenvalue weighted by Gasteiger charge is -2.06. The van der Waals surface area contributed by atoms with E-state index in [4.69, 9.17) is 0 Å². The summed E-state index contributed by atoms with van der Waals surface area (Å²) in [5.41, 5.74) is 5.28. The Labute approximate surface area is 105 Å². The highest BCUT2D eigenvalue weighted by Gasteiger charge is 2.04. The summed E-state index contributed by atoms with van der Waals surface area (Å²) in [7, 11) is 0. The summed E-state index contributed by atoms with van der Waals surface area (Å²) < 4.78 is 1.74. The number of nitrogens with zero attached hydrogens (tertiary/aromatic N) is 3. The number of fused-ring (bicyclic) bond motifs is 1. The van der Waals surface area contributed by atoms with Gasteiger partial charge < -0.3 is 0 Å². The Morgan fingerprint density at radius 2 is 1.89 bits per heavy atom. The predicted molar refractivity (Wildman–Crippen MR) is 72.3 cm³/mol. The van der Waals surface area contributed by atoms with Gasteiger partial charge in [-0.05, 0) is 35.8 Å². The molecule has 0 saturated carbocycles. The molecule has 1 aromatic carbocycles. The molecular weight excluding hydrogens is 222 g/mol. The van der Waals surface area contributed by atoms with Crippen molar-refractivity contribution in [3.05, 3.63) is 72.2 Å². The minimum absolute atomic E-state index is 0.834. The highest BCUT2D eigenvalue weighted by atomic mass is 15.3. The van der Waals surface area contributed by atoms with E-state index in [9.17, 15) is 0 Å². The van der Waals surface area contributed by atoms with E-state index in [2.05, 4.69) is 47.9 Å². The van der Waals surface area contributed by atoms with Gasteiger partial charge >= 0.3 is 0 Å². The van der Waals surface area contributed by atoms with E-state index < -0.39 is 0 Å². The summed E-state index contributed by atoms with van der Waals surface area (Å²) in [6, 6.07) is 12.4. The number of hydrogen-bond donors (Lipinski definition) is 0. The van der Waals surface area contributed by atoms with Gasteiger partial charge in [-0.15, -0.1) is 0 Å². The van der Waals surface area contributed by atoms with Crippen LogP contribution in [0.3, 0.4) is 0 Å². The lowest BCUT2D eigenvalue weighted by molar-refractivity contribution is 0.960.